The third-order valence-corrected chi connectivity index (χ3v) is 4.18. The zero-order valence-electron chi connectivity index (χ0n) is 13.5. The van der Waals surface area contributed by atoms with Crippen LogP contribution in [0.1, 0.15) is 5.56 Å². The van der Waals surface area contributed by atoms with E-state index >= 15 is 0 Å². The molecule has 1 fully saturated rings. The molecule has 138 valence electrons. The standard InChI is InChI=1S/C16H15ClF3N5O/c17-13-9-14(22-10-21-13)24-5-7-25(8-6-24)15(26)23-12-3-1-11(2-4-12)16(18,19)20/h1-4,9-10H,5-8H2,(H,23,26). The number of benzene rings is 1. The lowest BCUT2D eigenvalue weighted by atomic mass is 10.2. The van der Waals surface area contributed by atoms with Crippen LogP contribution in [0.2, 0.25) is 5.15 Å². The third-order valence-electron chi connectivity index (χ3n) is 3.97. The van der Waals surface area contributed by atoms with Gasteiger partial charge in [-0.2, -0.15) is 13.2 Å². The number of aromatic nitrogens is 2. The highest BCUT2D eigenvalue weighted by atomic mass is 35.5. The number of carbonyl (C=O) groups is 1. The van der Waals surface area contributed by atoms with E-state index in [4.69, 9.17) is 11.6 Å². The van der Waals surface area contributed by atoms with Gasteiger partial charge < -0.3 is 15.1 Å². The van der Waals surface area contributed by atoms with Gasteiger partial charge in [0.2, 0.25) is 0 Å². The van der Waals surface area contributed by atoms with Gasteiger partial charge in [0, 0.05) is 37.9 Å². The van der Waals surface area contributed by atoms with Crippen LogP contribution in [-0.2, 0) is 6.18 Å². The molecule has 1 aromatic heterocycles. The molecular weight excluding hydrogens is 371 g/mol. The molecule has 0 atom stereocenters. The number of urea groups is 1. The highest BCUT2D eigenvalue weighted by Crippen LogP contribution is 2.29. The average molecular weight is 386 g/mol. The van der Waals surface area contributed by atoms with Crippen LogP contribution in [0, 0.1) is 0 Å². The Balaban J connectivity index is 1.55. The Labute approximate surface area is 152 Å². The fraction of sp³-hybridized carbons (Fsp3) is 0.312. The van der Waals surface area contributed by atoms with E-state index in [9.17, 15) is 18.0 Å². The van der Waals surface area contributed by atoms with Crippen molar-refractivity contribution in [2.24, 2.45) is 0 Å². The van der Waals surface area contributed by atoms with Gasteiger partial charge in [-0.15, -0.1) is 0 Å². The quantitative estimate of drug-likeness (QED) is 0.804. The van der Waals surface area contributed by atoms with Crippen molar-refractivity contribution in [2.75, 3.05) is 36.4 Å². The molecule has 26 heavy (non-hydrogen) atoms. The molecule has 2 aromatic rings. The Hall–Kier alpha value is -2.55. The highest BCUT2D eigenvalue weighted by Gasteiger charge is 2.30. The molecule has 1 aliphatic rings. The number of amides is 2. The van der Waals surface area contributed by atoms with Gasteiger partial charge in [0.1, 0.15) is 17.3 Å². The number of nitrogens with zero attached hydrogens (tertiary/aromatic N) is 4. The smallest absolute Gasteiger partial charge is 0.353 e. The number of hydrogen-bond acceptors (Lipinski definition) is 4. The summed E-state index contributed by atoms with van der Waals surface area (Å²) in [6.07, 6.45) is -3.02. The number of rotatable bonds is 2. The summed E-state index contributed by atoms with van der Waals surface area (Å²) in [7, 11) is 0. The number of anilines is 2. The Morgan fingerprint density at radius 3 is 2.31 bits per heavy atom. The predicted molar refractivity (Wildman–Crippen MR) is 91.3 cm³/mol. The van der Waals surface area contributed by atoms with E-state index in [0.717, 1.165) is 12.1 Å². The first-order valence-corrected chi connectivity index (χ1v) is 8.16. The average Bonchev–Trinajstić information content (AvgIpc) is 2.61. The predicted octanol–water partition coefficient (Wildman–Crippen LogP) is 3.50. The molecule has 0 spiro atoms. The van der Waals surface area contributed by atoms with Crippen LogP contribution < -0.4 is 10.2 Å². The molecule has 10 heteroatoms. The molecule has 0 bridgehead atoms. The Morgan fingerprint density at radius 2 is 1.73 bits per heavy atom. The van der Waals surface area contributed by atoms with Gasteiger partial charge >= 0.3 is 12.2 Å². The molecule has 3 rings (SSSR count). The minimum absolute atomic E-state index is 0.313. The Bertz CT molecular complexity index is 776. The number of alkyl halides is 3. The largest absolute Gasteiger partial charge is 0.416 e. The molecule has 1 aromatic carbocycles. The van der Waals surface area contributed by atoms with Crippen LogP contribution in [0.5, 0.6) is 0 Å². The van der Waals surface area contributed by atoms with Crippen molar-refractivity contribution in [1.29, 1.82) is 0 Å². The van der Waals surface area contributed by atoms with E-state index in [1.54, 1.807) is 11.0 Å². The molecule has 0 aliphatic carbocycles. The lowest BCUT2D eigenvalue weighted by Gasteiger charge is -2.35. The summed E-state index contributed by atoms with van der Waals surface area (Å²) < 4.78 is 37.7. The number of nitrogens with one attached hydrogen (secondary N) is 1. The number of halogens is 4. The van der Waals surface area contributed by atoms with Gasteiger partial charge in [0.15, 0.2) is 0 Å². The maximum Gasteiger partial charge on any atom is 0.416 e. The minimum atomic E-state index is -4.40. The molecule has 1 saturated heterocycles. The topological polar surface area (TPSA) is 61.4 Å². The highest BCUT2D eigenvalue weighted by molar-refractivity contribution is 6.29. The maximum absolute atomic E-state index is 12.6. The molecule has 1 aliphatic heterocycles. The molecule has 2 amide bonds. The summed E-state index contributed by atoms with van der Waals surface area (Å²) >= 11 is 5.85. The second-order valence-electron chi connectivity index (χ2n) is 5.68. The number of piperazine rings is 1. The fourth-order valence-electron chi connectivity index (χ4n) is 2.58. The van der Waals surface area contributed by atoms with Crippen molar-refractivity contribution < 1.29 is 18.0 Å². The molecule has 0 unspecified atom stereocenters. The van der Waals surface area contributed by atoms with E-state index in [0.29, 0.717) is 42.8 Å². The van der Waals surface area contributed by atoms with Crippen molar-refractivity contribution in [2.45, 2.75) is 6.18 Å². The molecule has 2 heterocycles. The molecular formula is C16H15ClF3N5O. The zero-order valence-corrected chi connectivity index (χ0v) is 14.3. The van der Waals surface area contributed by atoms with Gasteiger partial charge in [-0.1, -0.05) is 11.6 Å². The van der Waals surface area contributed by atoms with Crippen LogP contribution in [0.3, 0.4) is 0 Å². The van der Waals surface area contributed by atoms with E-state index in [2.05, 4.69) is 15.3 Å². The van der Waals surface area contributed by atoms with Crippen LogP contribution >= 0.6 is 11.6 Å². The van der Waals surface area contributed by atoms with E-state index in [-0.39, 0.29) is 6.03 Å². The van der Waals surface area contributed by atoms with Crippen LogP contribution in [-0.4, -0.2) is 47.1 Å². The van der Waals surface area contributed by atoms with E-state index in [1.165, 1.54) is 18.5 Å². The lowest BCUT2D eigenvalue weighted by molar-refractivity contribution is -0.137. The molecule has 0 saturated carbocycles. The Morgan fingerprint density at radius 1 is 1.08 bits per heavy atom. The van der Waals surface area contributed by atoms with Gasteiger partial charge in [-0.25, -0.2) is 14.8 Å². The van der Waals surface area contributed by atoms with Crippen molar-refractivity contribution in [3.63, 3.8) is 0 Å². The van der Waals surface area contributed by atoms with Gasteiger partial charge in [-0.05, 0) is 24.3 Å². The van der Waals surface area contributed by atoms with Gasteiger partial charge in [0.05, 0.1) is 5.56 Å². The maximum atomic E-state index is 12.6. The SMILES string of the molecule is O=C(Nc1ccc(C(F)(F)F)cc1)N1CCN(c2cc(Cl)ncn2)CC1. The second-order valence-corrected chi connectivity index (χ2v) is 6.07. The lowest BCUT2D eigenvalue weighted by Crippen LogP contribution is -2.50. The molecule has 0 radical (unpaired) electrons. The molecule has 6 nitrogen and oxygen atoms in total. The summed E-state index contributed by atoms with van der Waals surface area (Å²) in [6, 6.07) is 5.64. The Kier molecular flexibility index (Phi) is 5.17. The summed E-state index contributed by atoms with van der Waals surface area (Å²) in [4.78, 5) is 23.8. The summed E-state index contributed by atoms with van der Waals surface area (Å²) in [5.74, 6) is 0.688. The fourth-order valence-corrected chi connectivity index (χ4v) is 2.72. The van der Waals surface area contributed by atoms with Crippen LogP contribution in [0.4, 0.5) is 29.5 Å². The van der Waals surface area contributed by atoms with Crippen molar-refractivity contribution in [3.8, 4) is 0 Å². The number of carbonyl (C=O) groups excluding carboxylic acids is 1. The zero-order chi connectivity index (χ0) is 18.7. The minimum Gasteiger partial charge on any atom is -0.353 e. The van der Waals surface area contributed by atoms with Crippen LogP contribution in [0.15, 0.2) is 36.7 Å². The first-order valence-electron chi connectivity index (χ1n) is 7.78. The summed E-state index contributed by atoms with van der Waals surface area (Å²) in [5, 5.41) is 2.95. The third kappa shape index (κ3) is 4.34. The van der Waals surface area contributed by atoms with Crippen LogP contribution in [0.25, 0.3) is 0 Å². The summed E-state index contributed by atoms with van der Waals surface area (Å²) in [6.45, 7) is 2.03. The van der Waals surface area contributed by atoms with E-state index < -0.39 is 11.7 Å². The number of hydrogen-bond donors (Lipinski definition) is 1. The summed E-state index contributed by atoms with van der Waals surface area (Å²) in [5.41, 5.74) is -0.444. The van der Waals surface area contributed by atoms with Crippen molar-refractivity contribution in [3.05, 3.63) is 47.4 Å². The van der Waals surface area contributed by atoms with Crippen molar-refractivity contribution >= 4 is 29.1 Å². The first kappa shape index (κ1) is 18.2. The van der Waals surface area contributed by atoms with Gasteiger partial charge in [-0.3, -0.25) is 0 Å². The second kappa shape index (κ2) is 7.36. The normalized spacial score (nSPS) is 15.1. The molecule has 1 N–H and O–H groups in total. The van der Waals surface area contributed by atoms with E-state index in [1.807, 2.05) is 4.90 Å². The monoisotopic (exact) mass is 385 g/mol. The van der Waals surface area contributed by atoms with Gasteiger partial charge in [0.25, 0.3) is 0 Å². The first-order chi connectivity index (χ1) is 12.3. The van der Waals surface area contributed by atoms with Crippen molar-refractivity contribution in [1.82, 2.24) is 14.9 Å².